The van der Waals surface area contributed by atoms with Crippen molar-refractivity contribution in [1.29, 1.82) is 0 Å². The molecule has 8 heteroatoms. The van der Waals surface area contributed by atoms with Crippen molar-refractivity contribution in [3.8, 4) is 0 Å². The zero-order valence-corrected chi connectivity index (χ0v) is 12.2. The van der Waals surface area contributed by atoms with Crippen molar-refractivity contribution >= 4 is 15.9 Å². The molecule has 1 fully saturated rings. The Labute approximate surface area is 121 Å². The van der Waals surface area contributed by atoms with Crippen LogP contribution in [0.4, 0.5) is 8.78 Å². The number of amides is 1. The van der Waals surface area contributed by atoms with E-state index in [9.17, 15) is 22.0 Å². The van der Waals surface area contributed by atoms with Crippen LogP contribution in [0.25, 0.3) is 0 Å². The molecule has 0 bridgehead atoms. The Balaban J connectivity index is 2.24. The minimum Gasteiger partial charge on any atom is -0.349 e. The summed E-state index contributed by atoms with van der Waals surface area (Å²) in [6.45, 7) is 2.02. The van der Waals surface area contributed by atoms with Crippen LogP contribution in [0.15, 0.2) is 17.0 Å². The molecule has 0 heterocycles. The Kier molecular flexibility index (Phi) is 4.29. The number of carbonyl (C=O) groups excluding carboxylic acids is 1. The molecule has 2 rings (SSSR count). The predicted molar refractivity (Wildman–Crippen MR) is 72.0 cm³/mol. The number of sulfonamides is 1. The summed E-state index contributed by atoms with van der Waals surface area (Å²) in [7, 11) is -4.44. The Hall–Kier alpha value is -1.54. The second-order valence-corrected chi connectivity index (χ2v) is 6.70. The van der Waals surface area contributed by atoms with Gasteiger partial charge in [0.15, 0.2) is 5.82 Å². The first kappa shape index (κ1) is 15.8. The van der Waals surface area contributed by atoms with E-state index in [4.69, 9.17) is 5.14 Å². The first-order chi connectivity index (χ1) is 9.74. The fraction of sp³-hybridized carbons (Fsp3) is 0.462. The number of nitrogens with two attached hydrogens (primary N) is 1. The first-order valence-corrected chi connectivity index (χ1v) is 8.11. The van der Waals surface area contributed by atoms with Crippen molar-refractivity contribution in [1.82, 2.24) is 5.32 Å². The lowest BCUT2D eigenvalue weighted by Gasteiger charge is -2.08. The smallest absolute Gasteiger partial charge is 0.254 e. The summed E-state index contributed by atoms with van der Waals surface area (Å²) in [4.78, 5) is 10.9. The minimum absolute atomic E-state index is 0.0712. The van der Waals surface area contributed by atoms with Gasteiger partial charge >= 0.3 is 0 Å². The van der Waals surface area contributed by atoms with Crippen LogP contribution in [0, 0.1) is 17.6 Å². The highest BCUT2D eigenvalue weighted by Gasteiger charge is 2.38. The summed E-state index contributed by atoms with van der Waals surface area (Å²) in [6.07, 6.45) is 2.71. The van der Waals surface area contributed by atoms with E-state index in [0.717, 1.165) is 19.3 Å². The van der Waals surface area contributed by atoms with Crippen LogP contribution in [0.2, 0.25) is 0 Å². The second-order valence-electron chi connectivity index (χ2n) is 5.17. The highest BCUT2D eigenvalue weighted by molar-refractivity contribution is 7.89. The second kappa shape index (κ2) is 5.69. The molecular weight excluding hydrogens is 302 g/mol. The normalized spacial score (nSPS) is 21.1. The number of rotatable bonds is 5. The van der Waals surface area contributed by atoms with Gasteiger partial charge in [0.1, 0.15) is 10.7 Å². The molecule has 0 saturated heterocycles. The monoisotopic (exact) mass is 318 g/mol. The molecule has 1 saturated carbocycles. The van der Waals surface area contributed by atoms with E-state index in [-0.39, 0.29) is 6.04 Å². The number of carbonyl (C=O) groups is 1. The number of hydrogen-bond donors (Lipinski definition) is 2. The van der Waals surface area contributed by atoms with Crippen LogP contribution in [-0.4, -0.2) is 20.4 Å². The molecule has 1 aliphatic rings. The summed E-state index contributed by atoms with van der Waals surface area (Å²) in [5.74, 6) is -2.86. The van der Waals surface area contributed by atoms with Crippen LogP contribution < -0.4 is 10.5 Å². The molecule has 0 aromatic heterocycles. The number of benzene rings is 1. The summed E-state index contributed by atoms with van der Waals surface area (Å²) < 4.78 is 49.8. The molecule has 1 aromatic carbocycles. The van der Waals surface area contributed by atoms with Gasteiger partial charge in [-0.1, -0.05) is 13.3 Å². The Morgan fingerprint density at radius 3 is 2.67 bits per heavy atom. The summed E-state index contributed by atoms with van der Waals surface area (Å²) in [5, 5.41) is 7.38. The van der Waals surface area contributed by atoms with Crippen molar-refractivity contribution in [2.45, 2.75) is 37.1 Å². The molecule has 0 radical (unpaired) electrons. The molecule has 2 atom stereocenters. The van der Waals surface area contributed by atoms with E-state index in [0.29, 0.717) is 18.1 Å². The van der Waals surface area contributed by atoms with Crippen molar-refractivity contribution in [3.05, 3.63) is 29.3 Å². The van der Waals surface area contributed by atoms with E-state index in [1.807, 2.05) is 6.92 Å². The van der Waals surface area contributed by atoms with Crippen LogP contribution >= 0.6 is 0 Å². The molecule has 116 valence electrons. The predicted octanol–water partition coefficient (Wildman–Crippen LogP) is 1.53. The molecule has 21 heavy (non-hydrogen) atoms. The largest absolute Gasteiger partial charge is 0.349 e. The molecule has 1 aromatic rings. The Morgan fingerprint density at radius 1 is 1.43 bits per heavy atom. The highest BCUT2D eigenvalue weighted by Crippen LogP contribution is 2.34. The van der Waals surface area contributed by atoms with Gasteiger partial charge in [-0.15, -0.1) is 0 Å². The van der Waals surface area contributed by atoms with Gasteiger partial charge < -0.3 is 5.32 Å². The van der Waals surface area contributed by atoms with Crippen molar-refractivity contribution in [2.75, 3.05) is 0 Å². The van der Waals surface area contributed by atoms with E-state index in [1.165, 1.54) is 0 Å². The van der Waals surface area contributed by atoms with Crippen LogP contribution in [0.5, 0.6) is 0 Å². The summed E-state index contributed by atoms with van der Waals surface area (Å²) in [5.41, 5.74) is -0.652. The van der Waals surface area contributed by atoms with Gasteiger partial charge in [-0.3, -0.25) is 4.79 Å². The average Bonchev–Trinajstić information content (AvgIpc) is 3.08. The highest BCUT2D eigenvalue weighted by atomic mass is 32.2. The third kappa shape index (κ3) is 3.56. The van der Waals surface area contributed by atoms with Crippen molar-refractivity contribution in [3.63, 3.8) is 0 Å². The van der Waals surface area contributed by atoms with Gasteiger partial charge in [-0.2, -0.15) is 0 Å². The maximum Gasteiger partial charge on any atom is 0.254 e. The maximum atomic E-state index is 14.0. The van der Waals surface area contributed by atoms with Gasteiger partial charge in [-0.25, -0.2) is 22.3 Å². The lowest BCUT2D eigenvalue weighted by atomic mass is 10.2. The van der Waals surface area contributed by atoms with E-state index < -0.39 is 38.0 Å². The van der Waals surface area contributed by atoms with Gasteiger partial charge in [0.25, 0.3) is 5.91 Å². The topological polar surface area (TPSA) is 89.3 Å². The quantitative estimate of drug-likeness (QED) is 0.863. The maximum absolute atomic E-state index is 14.0. The lowest BCUT2D eigenvalue weighted by molar-refractivity contribution is 0.0943. The van der Waals surface area contributed by atoms with Crippen LogP contribution in [0.3, 0.4) is 0 Å². The Morgan fingerprint density at radius 2 is 2.10 bits per heavy atom. The standard InChI is InChI=1S/C13H16F2N2O3S/c1-2-3-7-4-10(7)17-13(18)9-5-8(14)6-11(12(9)15)21(16,19)20/h5-7,10H,2-4H2,1H3,(H,17,18)(H2,16,19,20). The number of hydrogen-bond acceptors (Lipinski definition) is 3. The molecule has 5 nitrogen and oxygen atoms in total. The van der Waals surface area contributed by atoms with Gasteiger partial charge in [0.05, 0.1) is 5.56 Å². The molecular formula is C13H16F2N2O3S. The molecule has 1 amide bonds. The van der Waals surface area contributed by atoms with E-state index in [2.05, 4.69) is 5.32 Å². The summed E-state index contributed by atoms with van der Waals surface area (Å²) >= 11 is 0. The zero-order chi connectivity index (χ0) is 15.8. The van der Waals surface area contributed by atoms with Crippen molar-refractivity contribution in [2.24, 2.45) is 11.1 Å². The molecule has 2 unspecified atom stereocenters. The lowest BCUT2D eigenvalue weighted by Crippen LogP contribution is -2.28. The first-order valence-electron chi connectivity index (χ1n) is 6.56. The van der Waals surface area contributed by atoms with Gasteiger partial charge in [0.2, 0.25) is 10.0 Å². The molecule has 1 aliphatic carbocycles. The zero-order valence-electron chi connectivity index (χ0n) is 11.4. The number of halogens is 2. The summed E-state index contributed by atoms with van der Waals surface area (Å²) in [6, 6.07) is 1.05. The minimum atomic E-state index is -4.44. The molecule has 0 aliphatic heterocycles. The molecule has 3 N–H and O–H groups in total. The van der Waals surface area contributed by atoms with E-state index in [1.54, 1.807) is 0 Å². The third-order valence-corrected chi connectivity index (χ3v) is 4.36. The average molecular weight is 318 g/mol. The van der Waals surface area contributed by atoms with Gasteiger partial charge in [-0.05, 0) is 30.9 Å². The number of nitrogens with one attached hydrogen (secondary N) is 1. The SMILES string of the molecule is CCCC1CC1NC(=O)c1cc(F)cc(S(N)(=O)=O)c1F. The van der Waals surface area contributed by atoms with Crippen molar-refractivity contribution < 1.29 is 22.0 Å². The van der Waals surface area contributed by atoms with Gasteiger partial charge in [0, 0.05) is 6.04 Å². The third-order valence-electron chi connectivity index (χ3n) is 3.45. The van der Waals surface area contributed by atoms with Crippen LogP contribution in [0.1, 0.15) is 36.5 Å². The fourth-order valence-corrected chi connectivity index (χ4v) is 2.93. The van der Waals surface area contributed by atoms with E-state index >= 15 is 0 Å². The number of primary sulfonamides is 1. The Bertz CT molecular complexity index is 676. The van der Waals surface area contributed by atoms with Crippen LogP contribution in [-0.2, 0) is 10.0 Å². The fourth-order valence-electron chi connectivity index (χ4n) is 2.30. The molecule has 0 spiro atoms.